The molecule has 4 nitrogen and oxygen atoms in total. The molecule has 104 valence electrons. The number of hydrogen-bond donors (Lipinski definition) is 0. The third-order valence-corrected chi connectivity index (χ3v) is 4.58. The minimum atomic E-state index is -2.14. The van der Waals surface area contributed by atoms with Crippen molar-refractivity contribution in [2.24, 2.45) is 5.92 Å². The summed E-state index contributed by atoms with van der Waals surface area (Å²) < 4.78 is 11.3. The van der Waals surface area contributed by atoms with Crippen molar-refractivity contribution in [3.05, 3.63) is 29.8 Å². The van der Waals surface area contributed by atoms with Gasteiger partial charge in [-0.1, -0.05) is 23.7 Å². The Morgan fingerprint density at radius 3 is 2.30 bits per heavy atom. The molecule has 0 aliphatic heterocycles. The van der Waals surface area contributed by atoms with E-state index in [1.165, 1.54) is 30.5 Å². The highest BCUT2D eigenvalue weighted by molar-refractivity contribution is 7.84. The molecule has 1 saturated carbocycles. The standard InChI is InChI=1S/C14H12ClNO3S/c1-20(19)11-6-4-10(5-7-11)13(18)14(15,8-16)12(17)9-2-3-9/h4-7,9H,2-3H2,1H3. The van der Waals surface area contributed by atoms with Gasteiger partial charge < -0.3 is 0 Å². The van der Waals surface area contributed by atoms with E-state index in [9.17, 15) is 13.8 Å². The van der Waals surface area contributed by atoms with Crippen LogP contribution in [0.25, 0.3) is 0 Å². The molecule has 1 aromatic rings. The Morgan fingerprint density at radius 1 is 1.35 bits per heavy atom. The molecule has 0 radical (unpaired) electrons. The van der Waals surface area contributed by atoms with Gasteiger partial charge in [-0.2, -0.15) is 5.26 Å². The molecule has 2 rings (SSSR count). The minimum absolute atomic E-state index is 0.171. The molecule has 0 heterocycles. The average Bonchev–Trinajstić information content (AvgIpc) is 3.29. The lowest BCUT2D eigenvalue weighted by Crippen LogP contribution is -2.41. The van der Waals surface area contributed by atoms with E-state index >= 15 is 0 Å². The molecule has 0 spiro atoms. The van der Waals surface area contributed by atoms with Crippen LogP contribution in [0.5, 0.6) is 0 Å². The molecule has 1 aliphatic rings. The zero-order valence-electron chi connectivity index (χ0n) is 10.8. The minimum Gasteiger partial charge on any atom is -0.296 e. The van der Waals surface area contributed by atoms with Gasteiger partial charge >= 0.3 is 0 Å². The van der Waals surface area contributed by atoms with Crippen molar-refractivity contribution in [1.29, 1.82) is 5.26 Å². The highest BCUT2D eigenvalue weighted by Gasteiger charge is 2.50. The van der Waals surface area contributed by atoms with E-state index in [0.717, 1.165) is 0 Å². The maximum absolute atomic E-state index is 12.3. The average molecular weight is 310 g/mol. The van der Waals surface area contributed by atoms with Gasteiger partial charge in [0.15, 0.2) is 5.78 Å². The van der Waals surface area contributed by atoms with Crippen LogP contribution in [-0.4, -0.2) is 26.9 Å². The highest BCUT2D eigenvalue weighted by Crippen LogP contribution is 2.37. The first-order valence-electron chi connectivity index (χ1n) is 6.03. The molecular weight excluding hydrogens is 298 g/mol. The molecule has 0 amide bonds. The number of nitrogens with zero attached hydrogens (tertiary/aromatic N) is 1. The molecule has 1 fully saturated rings. The molecule has 0 aromatic heterocycles. The maximum atomic E-state index is 12.3. The Kier molecular flexibility index (Phi) is 4.07. The molecule has 1 aromatic carbocycles. The van der Waals surface area contributed by atoms with E-state index in [4.69, 9.17) is 16.9 Å². The summed E-state index contributed by atoms with van der Waals surface area (Å²) in [6, 6.07) is 7.57. The second-order valence-corrected chi connectivity index (χ2v) is 6.66. The first kappa shape index (κ1) is 14.9. The molecular formula is C14H12ClNO3S. The van der Waals surface area contributed by atoms with Gasteiger partial charge in [-0.05, 0) is 25.0 Å². The van der Waals surface area contributed by atoms with Gasteiger partial charge in [-0.25, -0.2) is 0 Å². The summed E-state index contributed by atoms with van der Waals surface area (Å²) >= 11 is 5.98. The van der Waals surface area contributed by atoms with Crippen molar-refractivity contribution in [2.45, 2.75) is 22.6 Å². The first-order valence-corrected chi connectivity index (χ1v) is 7.96. The summed E-state index contributed by atoms with van der Waals surface area (Å²) in [7, 11) is -1.16. The topological polar surface area (TPSA) is 75.0 Å². The second-order valence-electron chi connectivity index (χ2n) is 4.72. The van der Waals surface area contributed by atoms with E-state index in [2.05, 4.69) is 0 Å². The van der Waals surface area contributed by atoms with Crippen LogP contribution in [-0.2, 0) is 15.6 Å². The van der Waals surface area contributed by atoms with Crippen molar-refractivity contribution < 1.29 is 13.8 Å². The quantitative estimate of drug-likeness (QED) is 0.474. The Hall–Kier alpha value is -1.51. The summed E-state index contributed by atoms with van der Waals surface area (Å²) in [6.07, 6.45) is 2.88. The predicted molar refractivity (Wildman–Crippen MR) is 75.0 cm³/mol. The molecule has 1 aliphatic carbocycles. The molecule has 20 heavy (non-hydrogen) atoms. The summed E-state index contributed by atoms with van der Waals surface area (Å²) in [6.45, 7) is 0. The number of alkyl halides is 1. The van der Waals surface area contributed by atoms with Gasteiger partial charge in [-0.15, -0.1) is 0 Å². The number of hydrogen-bond acceptors (Lipinski definition) is 4. The van der Waals surface area contributed by atoms with E-state index < -0.39 is 27.2 Å². The number of nitriles is 1. The maximum Gasteiger partial charge on any atom is 0.250 e. The third-order valence-electron chi connectivity index (χ3n) is 3.20. The largest absolute Gasteiger partial charge is 0.296 e. The molecule has 0 saturated heterocycles. The van der Waals surface area contributed by atoms with Gasteiger partial charge in [0.2, 0.25) is 5.78 Å². The number of Topliss-reactive ketones (excluding diaryl/α,β-unsaturated/α-hetero) is 2. The van der Waals surface area contributed by atoms with Crippen molar-refractivity contribution in [3.8, 4) is 6.07 Å². The molecule has 0 bridgehead atoms. The van der Waals surface area contributed by atoms with Gasteiger partial charge in [0.25, 0.3) is 4.87 Å². The van der Waals surface area contributed by atoms with E-state index in [-0.39, 0.29) is 11.5 Å². The van der Waals surface area contributed by atoms with Crippen LogP contribution in [0.1, 0.15) is 23.2 Å². The predicted octanol–water partition coefficient (Wildman–Crippen LogP) is 2.09. The fraction of sp³-hybridized carbons (Fsp3) is 0.357. The summed E-state index contributed by atoms with van der Waals surface area (Å²) in [5, 5.41) is 9.13. The number of halogens is 1. The molecule has 6 heteroatoms. The summed E-state index contributed by atoms with van der Waals surface area (Å²) in [5.41, 5.74) is 0.171. The van der Waals surface area contributed by atoms with Crippen LogP contribution < -0.4 is 0 Å². The van der Waals surface area contributed by atoms with Crippen LogP contribution in [0.3, 0.4) is 0 Å². The lowest BCUT2D eigenvalue weighted by Gasteiger charge is -2.16. The fourth-order valence-electron chi connectivity index (χ4n) is 1.84. The lowest BCUT2D eigenvalue weighted by atomic mass is 9.91. The Morgan fingerprint density at radius 2 is 1.90 bits per heavy atom. The molecule has 0 N–H and O–H groups in total. The van der Waals surface area contributed by atoms with E-state index in [1.54, 1.807) is 6.07 Å². The number of benzene rings is 1. The van der Waals surface area contributed by atoms with Crippen molar-refractivity contribution >= 4 is 34.0 Å². The SMILES string of the molecule is CS(=O)c1ccc(C(=O)C(Cl)(C#N)C(=O)C2CC2)cc1. The van der Waals surface area contributed by atoms with Crippen molar-refractivity contribution in [3.63, 3.8) is 0 Å². The van der Waals surface area contributed by atoms with Crippen LogP contribution in [0.15, 0.2) is 29.2 Å². The summed E-state index contributed by atoms with van der Waals surface area (Å²) in [4.78, 5) is 22.7. The van der Waals surface area contributed by atoms with Crippen molar-refractivity contribution in [1.82, 2.24) is 0 Å². The van der Waals surface area contributed by atoms with E-state index in [1.807, 2.05) is 0 Å². The number of carbonyl (C=O) groups is 2. The Bertz CT molecular complexity index is 631. The number of rotatable bonds is 5. The van der Waals surface area contributed by atoms with Crippen molar-refractivity contribution in [2.75, 3.05) is 6.26 Å². The van der Waals surface area contributed by atoms with Crippen LogP contribution in [0.2, 0.25) is 0 Å². The smallest absolute Gasteiger partial charge is 0.250 e. The fourth-order valence-corrected chi connectivity index (χ4v) is 2.62. The zero-order chi connectivity index (χ0) is 14.9. The first-order chi connectivity index (χ1) is 9.40. The molecule has 2 unspecified atom stereocenters. The number of carbonyl (C=O) groups excluding carboxylic acids is 2. The van der Waals surface area contributed by atoms with Gasteiger partial charge in [0.05, 0.1) is 0 Å². The summed E-state index contributed by atoms with van der Waals surface area (Å²) in [5.74, 6) is -1.51. The van der Waals surface area contributed by atoms with Gasteiger partial charge in [-0.3, -0.25) is 13.8 Å². The normalized spacial score (nSPS) is 18.6. The third kappa shape index (κ3) is 2.67. The zero-order valence-corrected chi connectivity index (χ0v) is 12.3. The Labute approximate surface area is 124 Å². The second kappa shape index (κ2) is 5.47. The van der Waals surface area contributed by atoms with Crippen LogP contribution in [0, 0.1) is 17.2 Å². The van der Waals surface area contributed by atoms with Gasteiger partial charge in [0.1, 0.15) is 6.07 Å². The van der Waals surface area contributed by atoms with Gasteiger partial charge in [0, 0.05) is 33.4 Å². The van der Waals surface area contributed by atoms with Crippen LogP contribution >= 0.6 is 11.6 Å². The monoisotopic (exact) mass is 309 g/mol. The Balaban J connectivity index is 2.31. The van der Waals surface area contributed by atoms with E-state index in [0.29, 0.717) is 17.7 Å². The lowest BCUT2D eigenvalue weighted by molar-refractivity contribution is -0.120. The highest BCUT2D eigenvalue weighted by atomic mass is 35.5. The number of ketones is 2. The molecule has 2 atom stereocenters. The van der Waals surface area contributed by atoms with Crippen LogP contribution in [0.4, 0.5) is 0 Å².